The molecule has 0 saturated heterocycles. The molecule has 1 aromatic carbocycles. The molecular weight excluding hydrogens is 320 g/mol. The molecule has 8 heteroatoms. The third kappa shape index (κ3) is 3.02. The maximum absolute atomic E-state index is 12.9. The third-order valence-corrected chi connectivity index (χ3v) is 4.23. The quantitative estimate of drug-likeness (QED) is 0.586. The number of aromatic amines is 1. The van der Waals surface area contributed by atoms with E-state index in [1.165, 1.54) is 9.13 Å². The second-order valence-corrected chi connectivity index (χ2v) is 5.97. The Kier molecular flexibility index (Phi) is 4.60. The molecule has 0 amide bonds. The van der Waals surface area contributed by atoms with Gasteiger partial charge in [0.2, 0.25) is 0 Å². The van der Waals surface area contributed by atoms with Crippen molar-refractivity contribution < 1.29 is 0 Å². The summed E-state index contributed by atoms with van der Waals surface area (Å²) in [6, 6.07) is 7.30. The van der Waals surface area contributed by atoms with Gasteiger partial charge in [-0.1, -0.05) is 25.5 Å². The Labute approximate surface area is 144 Å². The highest BCUT2D eigenvalue weighted by Crippen LogP contribution is 2.16. The lowest BCUT2D eigenvalue weighted by Crippen LogP contribution is -2.40. The van der Waals surface area contributed by atoms with E-state index in [0.29, 0.717) is 35.6 Å². The summed E-state index contributed by atoms with van der Waals surface area (Å²) < 4.78 is 2.81. The summed E-state index contributed by atoms with van der Waals surface area (Å²) in [6.45, 7) is 2.73. The largest absolute Gasteiger partial charge is 0.399 e. The second kappa shape index (κ2) is 6.84. The van der Waals surface area contributed by atoms with Crippen LogP contribution in [0.25, 0.3) is 11.0 Å². The molecule has 0 spiro atoms. The third-order valence-electron chi connectivity index (χ3n) is 4.23. The molecule has 8 nitrogen and oxygen atoms in total. The minimum absolute atomic E-state index is 0.316. The van der Waals surface area contributed by atoms with Gasteiger partial charge in [-0.3, -0.25) is 19.0 Å². The number of nitrogens with zero attached hydrogens (tertiary/aromatic N) is 3. The van der Waals surface area contributed by atoms with E-state index >= 15 is 0 Å². The minimum Gasteiger partial charge on any atom is -0.399 e. The van der Waals surface area contributed by atoms with Gasteiger partial charge >= 0.3 is 5.69 Å². The Morgan fingerprint density at radius 2 is 1.92 bits per heavy atom. The first-order valence-electron chi connectivity index (χ1n) is 8.30. The molecule has 0 radical (unpaired) electrons. The van der Waals surface area contributed by atoms with Crippen LogP contribution in [0.2, 0.25) is 0 Å². The fourth-order valence-electron chi connectivity index (χ4n) is 2.83. The van der Waals surface area contributed by atoms with Crippen LogP contribution in [0.1, 0.15) is 25.3 Å². The van der Waals surface area contributed by atoms with Crippen LogP contribution < -0.4 is 22.3 Å². The number of hydrogen-bond donors (Lipinski definition) is 3. The molecule has 0 aliphatic heterocycles. The van der Waals surface area contributed by atoms with Crippen LogP contribution in [0.4, 0.5) is 11.5 Å². The van der Waals surface area contributed by atoms with E-state index in [2.05, 4.69) is 15.5 Å². The van der Waals surface area contributed by atoms with Gasteiger partial charge in [-0.15, -0.1) is 0 Å². The number of H-pyrrole nitrogens is 1. The fourth-order valence-corrected chi connectivity index (χ4v) is 2.83. The Morgan fingerprint density at radius 1 is 1.20 bits per heavy atom. The van der Waals surface area contributed by atoms with Crippen molar-refractivity contribution in [1.82, 2.24) is 19.3 Å². The number of unbranched alkanes of at least 4 members (excludes halogenated alkanes) is 1. The molecule has 0 aliphatic carbocycles. The molecule has 3 rings (SSSR count). The highest BCUT2D eigenvalue weighted by molar-refractivity contribution is 5.86. The first-order valence-corrected chi connectivity index (χ1v) is 8.30. The van der Waals surface area contributed by atoms with Gasteiger partial charge in [-0.25, -0.2) is 4.79 Å². The van der Waals surface area contributed by atoms with E-state index in [0.717, 1.165) is 18.4 Å². The van der Waals surface area contributed by atoms with Crippen molar-refractivity contribution in [2.75, 3.05) is 18.1 Å². The molecule has 25 heavy (non-hydrogen) atoms. The summed E-state index contributed by atoms with van der Waals surface area (Å²) in [5.41, 5.74) is 6.97. The Morgan fingerprint density at radius 3 is 2.56 bits per heavy atom. The van der Waals surface area contributed by atoms with Crippen LogP contribution in [-0.4, -0.2) is 26.4 Å². The van der Waals surface area contributed by atoms with E-state index in [1.54, 1.807) is 19.2 Å². The molecular formula is C17H22N6O2. The molecule has 0 fully saturated rings. The molecule has 0 unspecified atom stereocenters. The van der Waals surface area contributed by atoms with E-state index in [9.17, 15) is 9.59 Å². The maximum atomic E-state index is 12.9. The Balaban J connectivity index is 2.22. The van der Waals surface area contributed by atoms with E-state index in [-0.39, 0.29) is 11.2 Å². The number of nitrogens with two attached hydrogens (primary N) is 1. The van der Waals surface area contributed by atoms with Crippen molar-refractivity contribution in [3.05, 3.63) is 50.7 Å². The molecule has 3 aromatic rings. The molecule has 0 saturated carbocycles. The molecule has 0 atom stereocenters. The number of aromatic nitrogens is 4. The van der Waals surface area contributed by atoms with Gasteiger partial charge in [-0.2, -0.15) is 5.10 Å². The smallest absolute Gasteiger partial charge is 0.333 e. The minimum atomic E-state index is -0.350. The number of anilines is 2. The zero-order chi connectivity index (χ0) is 18.0. The topological polar surface area (TPSA) is 111 Å². The summed E-state index contributed by atoms with van der Waals surface area (Å²) in [4.78, 5) is 25.7. The number of rotatable bonds is 6. The second-order valence-electron chi connectivity index (χ2n) is 5.97. The molecule has 132 valence electrons. The Bertz CT molecular complexity index is 997. The lowest BCUT2D eigenvalue weighted by atomic mass is 10.2. The first kappa shape index (κ1) is 16.8. The van der Waals surface area contributed by atoms with Crippen molar-refractivity contribution in [2.24, 2.45) is 0 Å². The van der Waals surface area contributed by atoms with Gasteiger partial charge in [0.05, 0.1) is 6.54 Å². The first-order chi connectivity index (χ1) is 12.1. The van der Waals surface area contributed by atoms with Gasteiger partial charge in [0.1, 0.15) is 11.2 Å². The zero-order valence-corrected chi connectivity index (χ0v) is 14.4. The van der Waals surface area contributed by atoms with Crippen molar-refractivity contribution in [3.63, 3.8) is 0 Å². The van der Waals surface area contributed by atoms with E-state index in [1.807, 2.05) is 19.1 Å². The normalized spacial score (nSPS) is 11.1. The summed E-state index contributed by atoms with van der Waals surface area (Å²) in [5, 5.41) is 10.3. The number of nitrogens with one attached hydrogen (secondary N) is 2. The number of fused-ring (bicyclic) bond motifs is 1. The van der Waals surface area contributed by atoms with Gasteiger partial charge in [-0.05, 0) is 24.1 Å². The molecule has 2 aromatic heterocycles. The van der Waals surface area contributed by atoms with Crippen molar-refractivity contribution in [2.45, 2.75) is 32.9 Å². The van der Waals surface area contributed by atoms with Crippen LogP contribution >= 0.6 is 0 Å². The van der Waals surface area contributed by atoms with Gasteiger partial charge in [0, 0.05) is 19.3 Å². The van der Waals surface area contributed by atoms with Crippen LogP contribution in [0.5, 0.6) is 0 Å². The molecule has 4 N–H and O–H groups in total. The van der Waals surface area contributed by atoms with Crippen molar-refractivity contribution in [3.8, 4) is 0 Å². The zero-order valence-electron chi connectivity index (χ0n) is 14.4. The highest BCUT2D eigenvalue weighted by Gasteiger charge is 2.18. The summed E-state index contributed by atoms with van der Waals surface area (Å²) in [5.74, 6) is 0.510. The lowest BCUT2D eigenvalue weighted by Gasteiger charge is -2.11. The fraction of sp³-hybridized carbons (Fsp3) is 0.353. The lowest BCUT2D eigenvalue weighted by molar-refractivity contribution is 0.557. The SMILES string of the molecule is CCCCn1c(=O)c2c(NC)[nH]nc2n(Cc2ccc(N)cc2)c1=O. The van der Waals surface area contributed by atoms with Gasteiger partial charge in [0.15, 0.2) is 5.65 Å². The highest BCUT2D eigenvalue weighted by atomic mass is 16.2. The molecule has 0 aliphatic rings. The van der Waals surface area contributed by atoms with Crippen LogP contribution in [0.3, 0.4) is 0 Å². The Hall–Kier alpha value is -3.03. The predicted octanol–water partition coefficient (Wildman–Crippen LogP) is 1.36. The average Bonchev–Trinajstić information content (AvgIpc) is 3.04. The molecule has 0 bridgehead atoms. The van der Waals surface area contributed by atoms with E-state index < -0.39 is 0 Å². The summed E-state index contributed by atoms with van der Waals surface area (Å²) in [6.07, 6.45) is 1.65. The summed E-state index contributed by atoms with van der Waals surface area (Å²) in [7, 11) is 1.71. The van der Waals surface area contributed by atoms with Crippen LogP contribution in [0.15, 0.2) is 33.9 Å². The number of hydrogen-bond acceptors (Lipinski definition) is 5. The summed E-state index contributed by atoms with van der Waals surface area (Å²) >= 11 is 0. The van der Waals surface area contributed by atoms with Gasteiger partial charge in [0.25, 0.3) is 5.56 Å². The van der Waals surface area contributed by atoms with Crippen LogP contribution in [-0.2, 0) is 13.1 Å². The van der Waals surface area contributed by atoms with E-state index in [4.69, 9.17) is 5.73 Å². The van der Waals surface area contributed by atoms with Crippen molar-refractivity contribution in [1.29, 1.82) is 0 Å². The molecule has 2 heterocycles. The maximum Gasteiger partial charge on any atom is 0.333 e. The number of nitrogen functional groups attached to an aromatic ring is 1. The van der Waals surface area contributed by atoms with Gasteiger partial charge < -0.3 is 11.1 Å². The average molecular weight is 342 g/mol. The van der Waals surface area contributed by atoms with Crippen molar-refractivity contribution >= 4 is 22.5 Å². The van der Waals surface area contributed by atoms with Crippen LogP contribution in [0, 0.1) is 0 Å². The standard InChI is InChI=1S/C17H22N6O2/c1-3-4-9-22-16(24)13-14(19-2)20-21-15(13)23(17(22)25)10-11-5-7-12(18)8-6-11/h5-8H,3-4,9-10,18H2,1-2H3,(H2,19,20,21). The number of benzene rings is 1. The monoisotopic (exact) mass is 342 g/mol. The predicted molar refractivity (Wildman–Crippen MR) is 99.0 cm³/mol.